The summed E-state index contributed by atoms with van der Waals surface area (Å²) >= 11 is 0. The molecule has 0 aliphatic carbocycles. The molecule has 3 heteroatoms. The summed E-state index contributed by atoms with van der Waals surface area (Å²) < 4.78 is 0. The molecule has 18 heavy (non-hydrogen) atoms. The lowest BCUT2D eigenvalue weighted by atomic mass is 10.1. The van der Waals surface area contributed by atoms with E-state index in [1.807, 2.05) is 49.4 Å². The van der Waals surface area contributed by atoms with Crippen molar-refractivity contribution < 1.29 is 4.92 Å². The molecule has 0 fully saturated rings. The second-order valence-electron chi connectivity index (χ2n) is 4.06. The molecule has 0 amide bonds. The minimum Gasteiger partial charge on any atom is -0.258 e. The van der Waals surface area contributed by atoms with E-state index in [4.69, 9.17) is 0 Å². The first-order chi connectivity index (χ1) is 8.66. The average molecular weight is 239 g/mol. The smallest absolute Gasteiger partial charge is 0.258 e. The summed E-state index contributed by atoms with van der Waals surface area (Å²) in [6.45, 7) is 1.84. The van der Waals surface area contributed by atoms with Crippen LogP contribution in [0.3, 0.4) is 0 Å². The van der Waals surface area contributed by atoms with Gasteiger partial charge in [-0.2, -0.15) is 0 Å². The fraction of sp³-hybridized carbons (Fsp3) is 0.0667. The number of aryl methyl sites for hydroxylation is 1. The van der Waals surface area contributed by atoms with E-state index in [2.05, 4.69) is 0 Å². The Balaban J connectivity index is 2.35. The van der Waals surface area contributed by atoms with E-state index >= 15 is 0 Å². The van der Waals surface area contributed by atoms with Crippen molar-refractivity contribution in [2.45, 2.75) is 6.92 Å². The van der Waals surface area contributed by atoms with Crippen molar-refractivity contribution in [1.29, 1.82) is 0 Å². The van der Waals surface area contributed by atoms with Gasteiger partial charge >= 0.3 is 0 Å². The molecular weight excluding hydrogens is 226 g/mol. The third kappa shape index (κ3) is 2.83. The summed E-state index contributed by atoms with van der Waals surface area (Å²) in [4.78, 5) is 10.6. The SMILES string of the molecule is Cc1ccc(C=Cc2ccccc2)c([N+](=O)[O-])c1. The molecule has 0 unspecified atom stereocenters. The minimum absolute atomic E-state index is 0.141. The van der Waals surface area contributed by atoms with Crippen LogP contribution in [0, 0.1) is 17.0 Å². The topological polar surface area (TPSA) is 43.1 Å². The Labute approximate surface area is 106 Å². The highest BCUT2D eigenvalue weighted by Crippen LogP contribution is 2.22. The van der Waals surface area contributed by atoms with E-state index < -0.39 is 0 Å². The lowest BCUT2D eigenvalue weighted by molar-refractivity contribution is -0.385. The third-order valence-corrected chi connectivity index (χ3v) is 2.64. The second kappa shape index (κ2) is 5.27. The van der Waals surface area contributed by atoms with Crippen LogP contribution in [0.15, 0.2) is 48.5 Å². The molecule has 2 aromatic rings. The van der Waals surface area contributed by atoms with Crippen molar-refractivity contribution in [2.75, 3.05) is 0 Å². The molecule has 90 valence electrons. The van der Waals surface area contributed by atoms with E-state index in [1.165, 1.54) is 0 Å². The van der Waals surface area contributed by atoms with Crippen molar-refractivity contribution in [3.8, 4) is 0 Å². The summed E-state index contributed by atoms with van der Waals surface area (Å²) in [7, 11) is 0. The predicted octanol–water partition coefficient (Wildman–Crippen LogP) is 4.07. The summed E-state index contributed by atoms with van der Waals surface area (Å²) in [5.41, 5.74) is 2.67. The van der Waals surface area contributed by atoms with Gasteiger partial charge in [0.05, 0.1) is 10.5 Å². The number of nitro benzene ring substituents is 1. The van der Waals surface area contributed by atoms with E-state index in [-0.39, 0.29) is 10.6 Å². The van der Waals surface area contributed by atoms with Gasteiger partial charge in [0.2, 0.25) is 0 Å². The van der Waals surface area contributed by atoms with Gasteiger partial charge < -0.3 is 0 Å². The maximum absolute atomic E-state index is 11.0. The number of hydrogen-bond acceptors (Lipinski definition) is 2. The molecule has 0 aliphatic rings. The summed E-state index contributed by atoms with van der Waals surface area (Å²) in [6, 6.07) is 14.9. The molecule has 0 N–H and O–H groups in total. The molecule has 0 saturated carbocycles. The highest BCUT2D eigenvalue weighted by atomic mass is 16.6. The molecule has 2 aromatic carbocycles. The minimum atomic E-state index is -0.350. The lowest BCUT2D eigenvalue weighted by Gasteiger charge is -1.99. The number of hydrogen-bond donors (Lipinski definition) is 0. The van der Waals surface area contributed by atoms with Gasteiger partial charge in [-0.15, -0.1) is 0 Å². The van der Waals surface area contributed by atoms with Gasteiger partial charge in [-0.3, -0.25) is 10.1 Å². The molecule has 0 spiro atoms. The van der Waals surface area contributed by atoms with Gasteiger partial charge in [0.25, 0.3) is 5.69 Å². The molecule has 0 aliphatic heterocycles. The number of nitrogens with zero attached hydrogens (tertiary/aromatic N) is 1. The van der Waals surface area contributed by atoms with Crippen molar-refractivity contribution in [3.05, 3.63) is 75.3 Å². The van der Waals surface area contributed by atoms with Crippen molar-refractivity contribution in [2.24, 2.45) is 0 Å². The molecule has 0 aromatic heterocycles. The predicted molar refractivity (Wildman–Crippen MR) is 73.2 cm³/mol. The number of rotatable bonds is 3. The molecule has 0 saturated heterocycles. The Kier molecular flexibility index (Phi) is 3.53. The highest BCUT2D eigenvalue weighted by Gasteiger charge is 2.10. The van der Waals surface area contributed by atoms with Gasteiger partial charge in [0.1, 0.15) is 0 Å². The molecule has 3 nitrogen and oxygen atoms in total. The van der Waals surface area contributed by atoms with E-state index in [0.717, 1.165) is 11.1 Å². The highest BCUT2D eigenvalue weighted by molar-refractivity contribution is 5.74. The van der Waals surface area contributed by atoms with Crippen LogP contribution in [-0.2, 0) is 0 Å². The molecule has 0 bridgehead atoms. The number of benzene rings is 2. The van der Waals surface area contributed by atoms with Gasteiger partial charge in [0.15, 0.2) is 0 Å². The quantitative estimate of drug-likeness (QED) is 0.460. The van der Waals surface area contributed by atoms with Crippen LogP contribution < -0.4 is 0 Å². The summed E-state index contributed by atoms with van der Waals surface area (Å²) in [6.07, 6.45) is 3.64. The Hall–Kier alpha value is -2.42. The van der Waals surface area contributed by atoms with Gasteiger partial charge in [0, 0.05) is 6.07 Å². The number of nitro groups is 1. The van der Waals surface area contributed by atoms with E-state index in [0.29, 0.717) is 5.56 Å². The normalized spacial score (nSPS) is 10.7. The lowest BCUT2D eigenvalue weighted by Crippen LogP contribution is -1.92. The monoisotopic (exact) mass is 239 g/mol. The molecular formula is C15H13NO2. The fourth-order valence-electron chi connectivity index (χ4n) is 1.70. The Morgan fingerprint density at radius 3 is 2.44 bits per heavy atom. The first kappa shape index (κ1) is 12.0. The van der Waals surface area contributed by atoms with Crippen LogP contribution in [-0.4, -0.2) is 4.92 Å². The fourth-order valence-corrected chi connectivity index (χ4v) is 1.70. The zero-order valence-corrected chi connectivity index (χ0v) is 10.0. The third-order valence-electron chi connectivity index (χ3n) is 2.64. The Morgan fingerprint density at radius 2 is 1.78 bits per heavy atom. The van der Waals surface area contributed by atoms with Crippen LogP contribution >= 0.6 is 0 Å². The van der Waals surface area contributed by atoms with E-state index in [1.54, 1.807) is 18.2 Å². The van der Waals surface area contributed by atoms with Crippen LogP contribution in [0.5, 0.6) is 0 Å². The van der Waals surface area contributed by atoms with E-state index in [9.17, 15) is 10.1 Å². The largest absolute Gasteiger partial charge is 0.276 e. The average Bonchev–Trinajstić information content (AvgIpc) is 2.38. The molecule has 0 heterocycles. The molecule has 2 rings (SSSR count). The summed E-state index contributed by atoms with van der Waals surface area (Å²) in [5, 5.41) is 11.0. The first-order valence-corrected chi connectivity index (χ1v) is 5.65. The standard InChI is InChI=1S/C15H13NO2/c1-12-7-9-14(15(11-12)16(17)18)10-8-13-5-3-2-4-6-13/h2-11H,1H3. The second-order valence-corrected chi connectivity index (χ2v) is 4.06. The molecule has 0 atom stereocenters. The Bertz CT molecular complexity index is 589. The zero-order chi connectivity index (χ0) is 13.0. The Morgan fingerprint density at radius 1 is 1.06 bits per heavy atom. The van der Waals surface area contributed by atoms with Crippen molar-refractivity contribution in [1.82, 2.24) is 0 Å². The van der Waals surface area contributed by atoms with Crippen LogP contribution in [0.25, 0.3) is 12.2 Å². The zero-order valence-electron chi connectivity index (χ0n) is 10.0. The van der Waals surface area contributed by atoms with Gasteiger partial charge in [-0.25, -0.2) is 0 Å². The molecule has 0 radical (unpaired) electrons. The maximum atomic E-state index is 11.0. The van der Waals surface area contributed by atoms with Gasteiger partial charge in [-0.05, 0) is 30.2 Å². The van der Waals surface area contributed by atoms with Crippen LogP contribution in [0.2, 0.25) is 0 Å². The van der Waals surface area contributed by atoms with Crippen LogP contribution in [0.1, 0.15) is 16.7 Å². The van der Waals surface area contributed by atoms with Crippen molar-refractivity contribution in [3.63, 3.8) is 0 Å². The maximum Gasteiger partial charge on any atom is 0.276 e. The van der Waals surface area contributed by atoms with Gasteiger partial charge in [-0.1, -0.05) is 42.5 Å². The van der Waals surface area contributed by atoms with Crippen LogP contribution in [0.4, 0.5) is 5.69 Å². The summed E-state index contributed by atoms with van der Waals surface area (Å²) in [5.74, 6) is 0. The first-order valence-electron chi connectivity index (χ1n) is 5.65. The van der Waals surface area contributed by atoms with Crippen molar-refractivity contribution >= 4 is 17.8 Å².